The number of rotatable bonds is 7. The molecule has 0 aromatic carbocycles. The zero-order valence-corrected chi connectivity index (χ0v) is 13.7. The van der Waals surface area contributed by atoms with Crippen LogP contribution < -0.4 is 10.6 Å². The molecule has 0 aliphatic heterocycles. The minimum absolute atomic E-state index is 0.0318. The Morgan fingerprint density at radius 2 is 2.04 bits per heavy atom. The van der Waals surface area contributed by atoms with E-state index < -0.39 is 18.0 Å². The first kappa shape index (κ1) is 19.2. The Hall–Kier alpha value is -3.08. The van der Waals surface area contributed by atoms with Gasteiger partial charge in [0, 0.05) is 18.4 Å². The molecule has 138 valence electrons. The summed E-state index contributed by atoms with van der Waals surface area (Å²) in [7, 11) is 0. The number of pyridine rings is 1. The van der Waals surface area contributed by atoms with Crippen LogP contribution in [0.3, 0.4) is 0 Å². The molecule has 2 aromatic rings. The van der Waals surface area contributed by atoms with Gasteiger partial charge in [0.25, 0.3) is 0 Å². The third-order valence-corrected chi connectivity index (χ3v) is 2.94. The van der Waals surface area contributed by atoms with E-state index in [0.717, 1.165) is 12.3 Å². The van der Waals surface area contributed by atoms with E-state index in [1.165, 1.54) is 12.1 Å². The normalized spacial score (nSPS) is 12.3. The van der Waals surface area contributed by atoms with Crippen molar-refractivity contribution in [1.29, 1.82) is 5.41 Å². The van der Waals surface area contributed by atoms with Crippen LogP contribution in [-0.4, -0.2) is 43.4 Å². The second-order valence-electron chi connectivity index (χ2n) is 5.21. The number of hydrogen-bond acceptors (Lipinski definition) is 8. The molecule has 0 fully saturated rings. The number of hydrogen-bond donors (Lipinski definition) is 4. The van der Waals surface area contributed by atoms with Crippen molar-refractivity contribution in [3.8, 4) is 0 Å². The Balaban J connectivity index is 2.34. The number of alkyl halides is 3. The second kappa shape index (κ2) is 7.87. The maximum atomic E-state index is 12.8. The molecule has 1 atom stereocenters. The quantitative estimate of drug-likeness (QED) is 0.555. The highest BCUT2D eigenvalue weighted by molar-refractivity contribution is 6.03. The van der Waals surface area contributed by atoms with Crippen LogP contribution in [0.2, 0.25) is 0 Å². The molecule has 8 nitrogen and oxygen atoms in total. The summed E-state index contributed by atoms with van der Waals surface area (Å²) in [4.78, 5) is 15.3. The fraction of sp³-hybridized carbons (Fsp3) is 0.267. The molecule has 0 aliphatic rings. The molecular weight excluding hydrogens is 351 g/mol. The number of nitrogens with one attached hydrogen (secondary N) is 3. The monoisotopic (exact) mass is 367 g/mol. The van der Waals surface area contributed by atoms with Crippen LogP contribution in [0.4, 0.5) is 30.8 Å². The van der Waals surface area contributed by atoms with Gasteiger partial charge in [-0.3, -0.25) is 10.4 Å². The van der Waals surface area contributed by atoms with E-state index in [0.29, 0.717) is 0 Å². The zero-order chi connectivity index (χ0) is 19.3. The number of anilines is 3. The molecule has 2 heterocycles. The van der Waals surface area contributed by atoms with Gasteiger partial charge in [-0.25, -0.2) is 0 Å². The van der Waals surface area contributed by atoms with E-state index in [-0.39, 0.29) is 35.7 Å². The molecule has 2 rings (SSSR count). The third-order valence-electron chi connectivity index (χ3n) is 2.94. The summed E-state index contributed by atoms with van der Waals surface area (Å²) in [5, 5.41) is 22.5. The molecule has 0 saturated heterocycles. The molecule has 11 heteroatoms. The minimum Gasteiger partial charge on any atom is -0.392 e. The summed E-state index contributed by atoms with van der Waals surface area (Å²) in [6.45, 7) is 5.14. The average molecular weight is 367 g/mol. The Morgan fingerprint density at radius 3 is 2.65 bits per heavy atom. The fourth-order valence-electron chi connectivity index (χ4n) is 1.75. The highest BCUT2D eigenvalue weighted by atomic mass is 19.4. The van der Waals surface area contributed by atoms with Gasteiger partial charge in [-0.15, -0.1) is 0 Å². The highest BCUT2D eigenvalue weighted by Gasteiger charge is 2.32. The highest BCUT2D eigenvalue weighted by Crippen LogP contribution is 2.29. The number of aliphatic hydroxyl groups is 1. The lowest BCUT2D eigenvalue weighted by Gasteiger charge is -2.12. The predicted molar refractivity (Wildman–Crippen MR) is 89.5 cm³/mol. The van der Waals surface area contributed by atoms with Crippen molar-refractivity contribution in [3.05, 3.63) is 42.5 Å². The summed E-state index contributed by atoms with van der Waals surface area (Å²) in [5.74, 6) is -0.0557. The summed E-state index contributed by atoms with van der Waals surface area (Å²) >= 11 is 0. The number of nitrogens with zero attached hydrogens (tertiary/aromatic N) is 4. The van der Waals surface area contributed by atoms with E-state index in [1.54, 1.807) is 6.92 Å². The summed E-state index contributed by atoms with van der Waals surface area (Å²) in [5.41, 5.74) is -1.10. The first-order chi connectivity index (χ1) is 12.2. The lowest BCUT2D eigenvalue weighted by Crippen LogP contribution is -2.19. The molecule has 26 heavy (non-hydrogen) atoms. The van der Waals surface area contributed by atoms with E-state index in [4.69, 9.17) is 5.41 Å². The van der Waals surface area contributed by atoms with Crippen LogP contribution in [0.5, 0.6) is 0 Å². The molecule has 0 saturated carbocycles. The maximum Gasteiger partial charge on any atom is 0.433 e. The lowest BCUT2D eigenvalue weighted by molar-refractivity contribution is -0.141. The Morgan fingerprint density at radius 1 is 1.35 bits per heavy atom. The molecule has 4 N–H and O–H groups in total. The molecule has 1 unspecified atom stereocenters. The minimum atomic E-state index is -4.59. The van der Waals surface area contributed by atoms with Gasteiger partial charge in [0.1, 0.15) is 5.69 Å². The van der Waals surface area contributed by atoms with Crippen molar-refractivity contribution in [2.45, 2.75) is 19.2 Å². The van der Waals surface area contributed by atoms with E-state index in [1.807, 2.05) is 0 Å². The largest absolute Gasteiger partial charge is 0.433 e. The standard InChI is InChI=1S/C15H16F3N7O/c1-3-10(19)12-23-13(21-7-8(2)26)25-14(24-12)22-9-4-5-20-11(6-9)15(16,17)18/h3-6,8,19,26H,1,7H2,2H3,(H2,20,21,22,23,24,25). The average Bonchev–Trinajstić information content (AvgIpc) is 2.58. The summed E-state index contributed by atoms with van der Waals surface area (Å²) in [6, 6.07) is 2.13. The van der Waals surface area contributed by atoms with Gasteiger partial charge in [0.05, 0.1) is 11.8 Å². The van der Waals surface area contributed by atoms with Crippen molar-refractivity contribution in [2.75, 3.05) is 17.2 Å². The Kier molecular flexibility index (Phi) is 5.82. The zero-order valence-electron chi connectivity index (χ0n) is 13.7. The van der Waals surface area contributed by atoms with Crippen molar-refractivity contribution in [1.82, 2.24) is 19.9 Å². The summed E-state index contributed by atoms with van der Waals surface area (Å²) < 4.78 is 38.3. The SMILES string of the molecule is C=CC(=N)c1nc(NCC(C)O)nc(Nc2ccnc(C(F)(F)F)c2)n1. The molecule has 0 radical (unpaired) electrons. The van der Waals surface area contributed by atoms with Crippen molar-refractivity contribution in [2.24, 2.45) is 0 Å². The predicted octanol–water partition coefficient (Wildman–Crippen LogP) is 2.38. The van der Waals surface area contributed by atoms with Crippen LogP contribution in [0.15, 0.2) is 31.0 Å². The van der Waals surface area contributed by atoms with Crippen molar-refractivity contribution >= 4 is 23.3 Å². The van der Waals surface area contributed by atoms with E-state index >= 15 is 0 Å². The molecule has 0 spiro atoms. The topological polar surface area (TPSA) is 120 Å². The number of halogens is 3. The maximum absolute atomic E-state index is 12.8. The first-order valence-electron chi connectivity index (χ1n) is 7.38. The number of aliphatic hydroxyl groups excluding tert-OH is 1. The molecule has 0 bridgehead atoms. The number of allylic oxidation sites excluding steroid dienone is 1. The lowest BCUT2D eigenvalue weighted by atomic mass is 10.3. The van der Waals surface area contributed by atoms with Gasteiger partial charge < -0.3 is 15.7 Å². The van der Waals surface area contributed by atoms with Crippen LogP contribution in [0, 0.1) is 5.41 Å². The Labute approximate surface area is 146 Å². The summed E-state index contributed by atoms with van der Waals surface area (Å²) in [6.07, 6.45) is -3.05. The van der Waals surface area contributed by atoms with Crippen LogP contribution in [-0.2, 0) is 6.18 Å². The van der Waals surface area contributed by atoms with Gasteiger partial charge >= 0.3 is 6.18 Å². The second-order valence-corrected chi connectivity index (χ2v) is 5.21. The van der Waals surface area contributed by atoms with Crippen molar-refractivity contribution < 1.29 is 18.3 Å². The van der Waals surface area contributed by atoms with Crippen LogP contribution in [0.1, 0.15) is 18.4 Å². The molecule has 2 aromatic heterocycles. The Bertz CT molecular complexity index is 808. The molecule has 0 amide bonds. The smallest absolute Gasteiger partial charge is 0.392 e. The fourth-order valence-corrected chi connectivity index (χ4v) is 1.75. The number of aromatic nitrogens is 4. The molecular formula is C15H16F3N7O. The van der Waals surface area contributed by atoms with Crippen LogP contribution >= 0.6 is 0 Å². The van der Waals surface area contributed by atoms with Crippen molar-refractivity contribution in [3.63, 3.8) is 0 Å². The molecule has 0 aliphatic carbocycles. The van der Waals surface area contributed by atoms with Gasteiger partial charge in [-0.1, -0.05) is 6.58 Å². The van der Waals surface area contributed by atoms with Crippen LogP contribution in [0.25, 0.3) is 0 Å². The van der Waals surface area contributed by atoms with E-state index in [9.17, 15) is 18.3 Å². The van der Waals surface area contributed by atoms with Gasteiger partial charge in [0.15, 0.2) is 5.82 Å². The third kappa shape index (κ3) is 5.21. The first-order valence-corrected chi connectivity index (χ1v) is 7.38. The van der Waals surface area contributed by atoms with Gasteiger partial charge in [-0.2, -0.15) is 28.1 Å². The van der Waals surface area contributed by atoms with E-state index in [2.05, 4.69) is 37.1 Å². The van der Waals surface area contributed by atoms with Gasteiger partial charge in [-0.05, 0) is 25.1 Å². The van der Waals surface area contributed by atoms with Gasteiger partial charge in [0.2, 0.25) is 11.9 Å².